The van der Waals surface area contributed by atoms with E-state index in [-0.39, 0.29) is 0 Å². The summed E-state index contributed by atoms with van der Waals surface area (Å²) in [6.45, 7) is 6.29. The van der Waals surface area contributed by atoms with Gasteiger partial charge in [-0.3, -0.25) is 0 Å². The Kier molecular flexibility index (Phi) is 2.79. The van der Waals surface area contributed by atoms with Crippen molar-refractivity contribution in [2.45, 2.75) is 26.4 Å². The number of aryl methyl sites for hydroxylation is 1. The maximum atomic E-state index is 3.53. The van der Waals surface area contributed by atoms with Gasteiger partial charge < -0.3 is 10.6 Å². The molecule has 1 aliphatic heterocycles. The molecule has 76 valence electrons. The molecule has 0 amide bonds. The fraction of sp³-hybridized carbons (Fsp3) is 0.455. The van der Waals surface area contributed by atoms with Gasteiger partial charge in [0.25, 0.3) is 0 Å². The summed E-state index contributed by atoms with van der Waals surface area (Å²) in [6, 6.07) is 4.86. The summed E-state index contributed by atoms with van der Waals surface area (Å²) in [6.07, 6.45) is 0. The van der Waals surface area contributed by atoms with Crippen molar-refractivity contribution < 1.29 is 0 Å². The van der Waals surface area contributed by atoms with Crippen LogP contribution in [0, 0.1) is 6.92 Å². The molecule has 2 nitrogen and oxygen atoms in total. The van der Waals surface area contributed by atoms with Gasteiger partial charge in [-0.15, -0.1) is 0 Å². The van der Waals surface area contributed by atoms with Gasteiger partial charge in [0.1, 0.15) is 0 Å². The number of rotatable bonds is 0. The summed E-state index contributed by atoms with van der Waals surface area (Å²) in [5, 5.41) is 6.96. The van der Waals surface area contributed by atoms with Gasteiger partial charge in [0.05, 0.1) is 0 Å². The van der Waals surface area contributed by atoms with Gasteiger partial charge in [-0.1, -0.05) is 15.9 Å². The molecule has 1 aromatic rings. The second-order valence-corrected chi connectivity index (χ2v) is 4.84. The van der Waals surface area contributed by atoms with Crippen LogP contribution in [0.2, 0.25) is 0 Å². The highest BCUT2D eigenvalue weighted by Crippen LogP contribution is 2.27. The van der Waals surface area contributed by atoms with Crippen LogP contribution in [0.1, 0.15) is 18.1 Å². The number of hydrogen-bond donors (Lipinski definition) is 2. The zero-order valence-electron chi connectivity index (χ0n) is 8.52. The lowest BCUT2D eigenvalue weighted by Gasteiger charge is -2.11. The van der Waals surface area contributed by atoms with Crippen LogP contribution in [-0.4, -0.2) is 12.6 Å². The molecular weight excluding hydrogens is 240 g/mol. The summed E-state index contributed by atoms with van der Waals surface area (Å²) in [7, 11) is 0. The Hall–Kier alpha value is -0.540. The second-order valence-electron chi connectivity index (χ2n) is 3.92. The second kappa shape index (κ2) is 3.91. The van der Waals surface area contributed by atoms with Crippen LogP contribution in [0.4, 0.5) is 5.69 Å². The quantitative estimate of drug-likeness (QED) is 0.744. The van der Waals surface area contributed by atoms with E-state index in [2.05, 4.69) is 52.5 Å². The molecule has 1 heterocycles. The van der Waals surface area contributed by atoms with Crippen LogP contribution in [0.15, 0.2) is 16.6 Å². The lowest BCUT2D eigenvalue weighted by molar-refractivity contribution is 0.581. The molecule has 14 heavy (non-hydrogen) atoms. The summed E-state index contributed by atoms with van der Waals surface area (Å²) in [5.74, 6) is 0. The Balaban J connectivity index is 2.40. The Bertz CT molecular complexity index is 349. The topological polar surface area (TPSA) is 24.1 Å². The molecule has 0 fully saturated rings. The van der Waals surface area contributed by atoms with E-state index >= 15 is 0 Å². The summed E-state index contributed by atoms with van der Waals surface area (Å²) >= 11 is 3.53. The van der Waals surface area contributed by atoms with E-state index < -0.39 is 0 Å². The lowest BCUT2D eigenvalue weighted by atomic mass is 10.1. The molecule has 1 aliphatic rings. The third kappa shape index (κ3) is 1.93. The molecule has 0 saturated carbocycles. The number of fused-ring (bicyclic) bond motifs is 1. The minimum absolute atomic E-state index is 0.528. The number of benzene rings is 1. The molecule has 0 bridgehead atoms. The van der Waals surface area contributed by atoms with Crippen molar-refractivity contribution in [3.05, 3.63) is 27.7 Å². The highest BCUT2D eigenvalue weighted by molar-refractivity contribution is 9.10. The average molecular weight is 255 g/mol. The van der Waals surface area contributed by atoms with Crippen molar-refractivity contribution in [2.24, 2.45) is 0 Å². The van der Waals surface area contributed by atoms with E-state index in [1.54, 1.807) is 0 Å². The zero-order chi connectivity index (χ0) is 10.1. The molecule has 0 saturated heterocycles. The van der Waals surface area contributed by atoms with Crippen LogP contribution in [0.25, 0.3) is 0 Å². The summed E-state index contributed by atoms with van der Waals surface area (Å²) in [5.41, 5.74) is 3.96. The van der Waals surface area contributed by atoms with Crippen molar-refractivity contribution in [1.82, 2.24) is 5.32 Å². The Labute approximate surface area is 93.2 Å². The Morgan fingerprint density at radius 1 is 1.43 bits per heavy atom. The first-order valence-corrected chi connectivity index (χ1v) is 5.72. The first-order chi connectivity index (χ1) is 6.66. The highest BCUT2D eigenvalue weighted by atomic mass is 79.9. The van der Waals surface area contributed by atoms with Gasteiger partial charge in [-0.2, -0.15) is 0 Å². The van der Waals surface area contributed by atoms with E-state index in [9.17, 15) is 0 Å². The Morgan fingerprint density at radius 2 is 2.21 bits per heavy atom. The minimum atomic E-state index is 0.528. The molecule has 3 heteroatoms. The molecule has 1 unspecified atom stereocenters. The van der Waals surface area contributed by atoms with Crippen molar-refractivity contribution in [3.8, 4) is 0 Å². The number of hydrogen-bond acceptors (Lipinski definition) is 2. The summed E-state index contributed by atoms with van der Waals surface area (Å²) < 4.78 is 1.16. The first kappa shape index (κ1) is 9.99. The smallest absolute Gasteiger partial charge is 0.0416 e. The van der Waals surface area contributed by atoms with Gasteiger partial charge in [-0.25, -0.2) is 0 Å². The van der Waals surface area contributed by atoms with Gasteiger partial charge in [0, 0.05) is 29.3 Å². The van der Waals surface area contributed by atoms with Gasteiger partial charge in [0.2, 0.25) is 0 Å². The van der Waals surface area contributed by atoms with E-state index in [4.69, 9.17) is 0 Å². The van der Waals surface area contributed by atoms with Gasteiger partial charge in [0.15, 0.2) is 0 Å². The average Bonchev–Trinajstić information content (AvgIpc) is 2.28. The van der Waals surface area contributed by atoms with Crippen molar-refractivity contribution >= 4 is 21.6 Å². The van der Waals surface area contributed by atoms with Crippen molar-refractivity contribution in [1.29, 1.82) is 0 Å². The van der Waals surface area contributed by atoms with Gasteiger partial charge in [-0.05, 0) is 37.1 Å². The molecule has 0 radical (unpaired) electrons. The normalized spacial score (nSPS) is 20.9. The van der Waals surface area contributed by atoms with Crippen molar-refractivity contribution in [3.63, 3.8) is 0 Å². The van der Waals surface area contributed by atoms with Crippen LogP contribution in [0.5, 0.6) is 0 Å². The van der Waals surface area contributed by atoms with Crippen LogP contribution in [0.3, 0.4) is 0 Å². The fourth-order valence-corrected chi connectivity index (χ4v) is 2.44. The zero-order valence-corrected chi connectivity index (χ0v) is 10.1. The third-order valence-corrected chi connectivity index (χ3v) is 3.07. The largest absolute Gasteiger partial charge is 0.383 e. The maximum Gasteiger partial charge on any atom is 0.0416 e. The predicted octanol–water partition coefficient (Wildman–Crippen LogP) is 2.66. The van der Waals surface area contributed by atoms with Crippen LogP contribution < -0.4 is 10.6 Å². The molecule has 0 aliphatic carbocycles. The fourth-order valence-electron chi connectivity index (χ4n) is 1.82. The van der Waals surface area contributed by atoms with E-state index in [1.807, 2.05) is 0 Å². The molecule has 0 aromatic heterocycles. The number of anilines is 1. The van der Waals surface area contributed by atoms with E-state index in [0.29, 0.717) is 6.04 Å². The van der Waals surface area contributed by atoms with E-state index in [1.165, 1.54) is 16.8 Å². The monoisotopic (exact) mass is 254 g/mol. The molecule has 2 N–H and O–H groups in total. The number of nitrogens with one attached hydrogen (secondary N) is 2. The standard InChI is InChI=1S/C11H15BrN2/c1-7-3-10(12)4-9-6-13-8(2)5-14-11(7)9/h3-4,8,13-14H,5-6H2,1-2H3. The maximum absolute atomic E-state index is 3.53. The predicted molar refractivity (Wildman–Crippen MR) is 63.7 cm³/mol. The molecule has 0 spiro atoms. The van der Waals surface area contributed by atoms with Crippen LogP contribution in [-0.2, 0) is 6.54 Å². The third-order valence-electron chi connectivity index (χ3n) is 2.61. The van der Waals surface area contributed by atoms with Gasteiger partial charge >= 0.3 is 0 Å². The van der Waals surface area contributed by atoms with Crippen LogP contribution >= 0.6 is 15.9 Å². The lowest BCUT2D eigenvalue weighted by Crippen LogP contribution is -2.29. The molecular formula is C11H15BrN2. The summed E-state index contributed by atoms with van der Waals surface area (Å²) in [4.78, 5) is 0. The number of halogens is 1. The molecule has 1 aromatic carbocycles. The van der Waals surface area contributed by atoms with E-state index in [0.717, 1.165) is 17.6 Å². The SMILES string of the molecule is Cc1cc(Br)cc2c1NCC(C)NC2. The molecule has 1 atom stereocenters. The Morgan fingerprint density at radius 3 is 3.00 bits per heavy atom. The van der Waals surface area contributed by atoms with Crippen molar-refractivity contribution in [2.75, 3.05) is 11.9 Å². The highest BCUT2D eigenvalue weighted by Gasteiger charge is 2.13. The first-order valence-electron chi connectivity index (χ1n) is 4.93. The minimum Gasteiger partial charge on any atom is -0.383 e. The molecule has 2 rings (SSSR count).